The Hall–Kier alpha value is -4.64. The number of aromatic nitrogens is 3. The SMILES string of the molecule is CN(C)C(=O)c1ccc(C(c2ccccc2)N(C)c2nc(C(=O)Nc3cnoc3)c(O)c(=O)n2C)c(Cl)c1. The summed E-state index contributed by atoms with van der Waals surface area (Å²) in [6.07, 6.45) is 2.46. The summed E-state index contributed by atoms with van der Waals surface area (Å²) in [4.78, 5) is 45.7. The van der Waals surface area contributed by atoms with Gasteiger partial charge < -0.3 is 24.7 Å². The van der Waals surface area contributed by atoms with Crippen molar-refractivity contribution in [2.24, 2.45) is 7.05 Å². The third kappa shape index (κ3) is 5.09. The van der Waals surface area contributed by atoms with E-state index in [1.165, 1.54) is 24.4 Å². The summed E-state index contributed by atoms with van der Waals surface area (Å²) in [6.45, 7) is 0. The van der Waals surface area contributed by atoms with Gasteiger partial charge in [-0.05, 0) is 23.3 Å². The van der Waals surface area contributed by atoms with Crippen LogP contribution in [0.1, 0.15) is 38.0 Å². The second-order valence-electron chi connectivity index (χ2n) is 8.70. The predicted octanol–water partition coefficient (Wildman–Crippen LogP) is 3.31. The van der Waals surface area contributed by atoms with Crippen LogP contribution in [-0.4, -0.2) is 57.7 Å². The number of carbonyl (C=O) groups is 2. The van der Waals surface area contributed by atoms with Crippen LogP contribution >= 0.6 is 11.6 Å². The van der Waals surface area contributed by atoms with Gasteiger partial charge in [-0.1, -0.05) is 53.2 Å². The molecule has 2 heterocycles. The number of hydrogen-bond acceptors (Lipinski definition) is 8. The van der Waals surface area contributed by atoms with Crippen LogP contribution < -0.4 is 15.8 Å². The highest BCUT2D eigenvalue weighted by Gasteiger charge is 2.28. The minimum atomic E-state index is -0.820. The zero-order valence-electron chi connectivity index (χ0n) is 21.0. The molecule has 4 rings (SSSR count). The molecule has 1 atom stereocenters. The van der Waals surface area contributed by atoms with Gasteiger partial charge in [-0.15, -0.1) is 0 Å². The van der Waals surface area contributed by atoms with Crippen LogP contribution in [0.25, 0.3) is 0 Å². The number of anilines is 2. The molecule has 38 heavy (non-hydrogen) atoms. The molecular weight excluding hydrogens is 512 g/mol. The molecule has 2 aromatic heterocycles. The van der Waals surface area contributed by atoms with Crippen LogP contribution in [0, 0.1) is 0 Å². The van der Waals surface area contributed by atoms with Crippen molar-refractivity contribution < 1.29 is 19.2 Å². The van der Waals surface area contributed by atoms with Crippen molar-refractivity contribution in [3.05, 3.63) is 98.8 Å². The molecule has 196 valence electrons. The maximum absolute atomic E-state index is 12.9. The van der Waals surface area contributed by atoms with E-state index in [9.17, 15) is 19.5 Å². The van der Waals surface area contributed by atoms with Crippen LogP contribution in [0.15, 0.2) is 70.3 Å². The topological polar surface area (TPSA) is 134 Å². The average molecular weight is 537 g/mol. The molecule has 4 aromatic rings. The van der Waals surface area contributed by atoms with Gasteiger partial charge in [-0.3, -0.25) is 19.0 Å². The third-order valence-corrected chi connectivity index (χ3v) is 6.24. The van der Waals surface area contributed by atoms with E-state index in [0.717, 1.165) is 10.1 Å². The van der Waals surface area contributed by atoms with E-state index in [1.54, 1.807) is 44.2 Å². The molecule has 0 aliphatic carbocycles. The molecule has 0 aliphatic rings. The number of amides is 2. The molecule has 0 spiro atoms. The van der Waals surface area contributed by atoms with E-state index >= 15 is 0 Å². The van der Waals surface area contributed by atoms with E-state index in [2.05, 4.69) is 15.5 Å². The summed E-state index contributed by atoms with van der Waals surface area (Å²) in [5, 5.41) is 16.8. The summed E-state index contributed by atoms with van der Waals surface area (Å²) in [5.74, 6) is -1.74. The molecule has 0 aliphatic heterocycles. The van der Waals surface area contributed by atoms with Crippen LogP contribution in [0.3, 0.4) is 0 Å². The summed E-state index contributed by atoms with van der Waals surface area (Å²) in [7, 11) is 6.43. The van der Waals surface area contributed by atoms with Crippen molar-refractivity contribution in [1.29, 1.82) is 0 Å². The van der Waals surface area contributed by atoms with Gasteiger partial charge in [0.15, 0.2) is 5.69 Å². The first kappa shape index (κ1) is 26.4. The van der Waals surface area contributed by atoms with Crippen LogP contribution in [0.5, 0.6) is 5.75 Å². The normalized spacial score (nSPS) is 11.6. The summed E-state index contributed by atoms with van der Waals surface area (Å²) in [5.41, 5.74) is 0.798. The zero-order chi connectivity index (χ0) is 27.6. The quantitative estimate of drug-likeness (QED) is 0.367. The molecule has 0 radical (unpaired) electrons. The number of halogens is 1. The monoisotopic (exact) mass is 536 g/mol. The van der Waals surface area contributed by atoms with Crippen LogP contribution in [-0.2, 0) is 7.05 Å². The lowest BCUT2D eigenvalue weighted by Crippen LogP contribution is -2.34. The van der Waals surface area contributed by atoms with Gasteiger partial charge in [0.05, 0.1) is 12.2 Å². The van der Waals surface area contributed by atoms with Crippen molar-refractivity contribution in [3.63, 3.8) is 0 Å². The molecule has 1 unspecified atom stereocenters. The fraction of sp³-hybridized carbons (Fsp3) is 0.192. The Kier molecular flexibility index (Phi) is 7.49. The van der Waals surface area contributed by atoms with Crippen LogP contribution in [0.2, 0.25) is 5.02 Å². The Morgan fingerprint density at radius 2 is 1.84 bits per heavy atom. The highest BCUT2D eigenvalue weighted by Crippen LogP contribution is 2.35. The summed E-state index contributed by atoms with van der Waals surface area (Å²) < 4.78 is 5.84. The average Bonchev–Trinajstić information content (AvgIpc) is 3.41. The number of nitrogens with one attached hydrogen (secondary N) is 1. The minimum absolute atomic E-state index is 0.0848. The maximum atomic E-state index is 12.9. The lowest BCUT2D eigenvalue weighted by molar-refractivity contribution is 0.0827. The minimum Gasteiger partial charge on any atom is -0.501 e. The van der Waals surface area contributed by atoms with E-state index in [1.807, 2.05) is 30.3 Å². The second kappa shape index (κ2) is 10.8. The Bertz CT molecular complexity index is 1540. The smallest absolute Gasteiger partial charge is 0.297 e. The molecule has 0 saturated carbocycles. The van der Waals surface area contributed by atoms with Gasteiger partial charge in [0.1, 0.15) is 12.0 Å². The Balaban J connectivity index is 1.83. The first-order chi connectivity index (χ1) is 18.1. The van der Waals surface area contributed by atoms with Crippen molar-refractivity contribution >= 4 is 35.1 Å². The Morgan fingerprint density at radius 3 is 2.45 bits per heavy atom. The molecule has 0 bridgehead atoms. The molecule has 2 N–H and O–H groups in total. The lowest BCUT2D eigenvalue weighted by Gasteiger charge is -2.32. The molecule has 0 saturated heterocycles. The van der Waals surface area contributed by atoms with E-state index in [0.29, 0.717) is 16.1 Å². The number of rotatable bonds is 7. The van der Waals surface area contributed by atoms with Gasteiger partial charge in [0.25, 0.3) is 17.4 Å². The fourth-order valence-corrected chi connectivity index (χ4v) is 4.30. The maximum Gasteiger partial charge on any atom is 0.297 e. The number of aromatic hydroxyl groups is 1. The van der Waals surface area contributed by atoms with Crippen molar-refractivity contribution in [1.82, 2.24) is 19.6 Å². The molecule has 2 aromatic carbocycles. The lowest BCUT2D eigenvalue weighted by atomic mass is 9.96. The Morgan fingerprint density at radius 1 is 1.13 bits per heavy atom. The van der Waals surface area contributed by atoms with Crippen LogP contribution in [0.4, 0.5) is 11.6 Å². The van der Waals surface area contributed by atoms with Crippen molar-refractivity contribution in [2.75, 3.05) is 31.4 Å². The first-order valence-electron chi connectivity index (χ1n) is 11.4. The van der Waals surface area contributed by atoms with E-state index < -0.39 is 29.0 Å². The molecule has 11 nitrogen and oxygen atoms in total. The van der Waals surface area contributed by atoms with Crippen molar-refractivity contribution in [2.45, 2.75) is 6.04 Å². The fourth-order valence-electron chi connectivity index (χ4n) is 4.01. The van der Waals surface area contributed by atoms with Gasteiger partial charge in [-0.2, -0.15) is 0 Å². The van der Waals surface area contributed by atoms with Gasteiger partial charge >= 0.3 is 0 Å². The number of nitrogens with zero attached hydrogens (tertiary/aromatic N) is 5. The standard InChI is InChI=1S/C26H25ClN6O5/c1-31(2)24(36)16-10-11-18(19(27)12-16)21(15-8-6-5-7-9-15)32(3)26-30-20(22(34)25(37)33(26)4)23(35)29-17-13-28-38-14-17/h5-14,21,34H,1-4H3,(H,29,35). The summed E-state index contributed by atoms with van der Waals surface area (Å²) >= 11 is 6.71. The predicted molar refractivity (Wildman–Crippen MR) is 142 cm³/mol. The first-order valence-corrected chi connectivity index (χ1v) is 11.8. The highest BCUT2D eigenvalue weighted by atomic mass is 35.5. The van der Waals surface area contributed by atoms with Gasteiger partial charge in [0.2, 0.25) is 11.7 Å². The Labute approximate surface area is 222 Å². The van der Waals surface area contributed by atoms with E-state index in [-0.39, 0.29) is 17.5 Å². The molecule has 0 fully saturated rings. The number of carbonyl (C=O) groups excluding carboxylic acids is 2. The van der Waals surface area contributed by atoms with Gasteiger partial charge in [0, 0.05) is 38.8 Å². The van der Waals surface area contributed by atoms with E-state index in [4.69, 9.17) is 16.1 Å². The largest absolute Gasteiger partial charge is 0.501 e. The third-order valence-electron chi connectivity index (χ3n) is 5.91. The summed E-state index contributed by atoms with van der Waals surface area (Å²) in [6, 6.07) is 13.8. The van der Waals surface area contributed by atoms with Gasteiger partial charge in [-0.25, -0.2) is 4.98 Å². The van der Waals surface area contributed by atoms with Crippen molar-refractivity contribution in [3.8, 4) is 5.75 Å². The molecule has 2 amide bonds. The second-order valence-corrected chi connectivity index (χ2v) is 9.11. The zero-order valence-corrected chi connectivity index (χ0v) is 21.8. The number of hydrogen-bond donors (Lipinski definition) is 2. The molecular formula is C26H25ClN6O5. The molecule has 12 heteroatoms. The highest BCUT2D eigenvalue weighted by molar-refractivity contribution is 6.31. The number of benzene rings is 2.